The fourth-order valence-corrected chi connectivity index (χ4v) is 2.78. The minimum absolute atomic E-state index is 0.225. The third kappa shape index (κ3) is 5.47. The van der Waals surface area contributed by atoms with Gasteiger partial charge in [-0.2, -0.15) is 0 Å². The van der Waals surface area contributed by atoms with E-state index < -0.39 is 0 Å². The monoisotopic (exact) mass is 269 g/mol. The van der Waals surface area contributed by atoms with Gasteiger partial charge in [-0.05, 0) is 38.9 Å². The van der Waals surface area contributed by atoms with Gasteiger partial charge in [-0.3, -0.25) is 9.69 Å². The Hall–Kier alpha value is -0.650. The van der Waals surface area contributed by atoms with E-state index >= 15 is 0 Å². The van der Waals surface area contributed by atoms with Gasteiger partial charge < -0.3 is 15.0 Å². The minimum Gasteiger partial charge on any atom is -0.379 e. The van der Waals surface area contributed by atoms with Crippen molar-refractivity contribution in [3.05, 3.63) is 0 Å². The summed E-state index contributed by atoms with van der Waals surface area (Å²) in [6.07, 6.45) is 3.03. The maximum absolute atomic E-state index is 11.9. The minimum atomic E-state index is 0.225. The fourth-order valence-electron chi connectivity index (χ4n) is 2.78. The summed E-state index contributed by atoms with van der Waals surface area (Å²) >= 11 is 0. The average Bonchev–Trinajstić information content (AvgIpc) is 2.43. The number of morpholine rings is 1. The molecule has 1 N–H and O–H groups in total. The van der Waals surface area contributed by atoms with Crippen molar-refractivity contribution in [2.24, 2.45) is 5.92 Å². The predicted molar refractivity (Wildman–Crippen MR) is 75.1 cm³/mol. The van der Waals surface area contributed by atoms with E-state index in [4.69, 9.17) is 4.74 Å². The molecule has 0 aliphatic carbocycles. The lowest BCUT2D eigenvalue weighted by Crippen LogP contribution is -2.41. The zero-order chi connectivity index (χ0) is 13.5. The summed E-state index contributed by atoms with van der Waals surface area (Å²) in [5.41, 5.74) is 0. The van der Waals surface area contributed by atoms with Gasteiger partial charge in [0.25, 0.3) is 0 Å². The zero-order valence-electron chi connectivity index (χ0n) is 12.1. The van der Waals surface area contributed by atoms with Crippen molar-refractivity contribution < 1.29 is 9.53 Å². The summed E-state index contributed by atoms with van der Waals surface area (Å²) in [6, 6.07) is 0. The Morgan fingerprint density at radius 2 is 1.89 bits per heavy atom. The van der Waals surface area contributed by atoms with Crippen molar-refractivity contribution in [1.82, 2.24) is 15.1 Å². The Morgan fingerprint density at radius 1 is 1.21 bits per heavy atom. The van der Waals surface area contributed by atoms with Gasteiger partial charge in [0.05, 0.1) is 13.2 Å². The highest BCUT2D eigenvalue weighted by molar-refractivity contribution is 5.76. The number of carbonyl (C=O) groups is 1. The number of hydrogen-bond donors (Lipinski definition) is 1. The number of likely N-dealkylation sites (tertiary alicyclic amines) is 1. The summed E-state index contributed by atoms with van der Waals surface area (Å²) in [5, 5.41) is 3.05. The van der Waals surface area contributed by atoms with E-state index in [0.29, 0.717) is 12.3 Å². The van der Waals surface area contributed by atoms with Crippen molar-refractivity contribution in [1.29, 1.82) is 0 Å². The third-order valence-corrected chi connectivity index (χ3v) is 4.17. The number of amides is 1. The molecule has 0 saturated carbocycles. The van der Waals surface area contributed by atoms with Gasteiger partial charge in [-0.25, -0.2) is 0 Å². The molecule has 0 atom stereocenters. The Morgan fingerprint density at radius 3 is 2.58 bits per heavy atom. The van der Waals surface area contributed by atoms with Crippen LogP contribution in [0.4, 0.5) is 0 Å². The first-order valence-corrected chi connectivity index (χ1v) is 7.49. The maximum Gasteiger partial charge on any atom is 0.220 e. The van der Waals surface area contributed by atoms with Crippen LogP contribution in [0.3, 0.4) is 0 Å². The van der Waals surface area contributed by atoms with Gasteiger partial charge >= 0.3 is 0 Å². The molecule has 0 aromatic carbocycles. The summed E-state index contributed by atoms with van der Waals surface area (Å²) in [7, 11) is 2.15. The standard InChI is InChI=1S/C14H27N3O2/c1-16-5-2-13(3-6-16)12-14(18)15-4-7-17-8-10-19-11-9-17/h13H,2-12H2,1H3,(H,15,18). The number of rotatable bonds is 5. The highest BCUT2D eigenvalue weighted by atomic mass is 16.5. The maximum atomic E-state index is 11.9. The molecule has 0 aromatic heterocycles. The second kappa shape index (κ2) is 7.82. The first-order valence-electron chi connectivity index (χ1n) is 7.49. The molecular formula is C14H27N3O2. The van der Waals surface area contributed by atoms with Crippen molar-refractivity contribution in [3.8, 4) is 0 Å². The van der Waals surface area contributed by atoms with Crippen molar-refractivity contribution >= 4 is 5.91 Å². The van der Waals surface area contributed by atoms with Crippen molar-refractivity contribution in [2.45, 2.75) is 19.3 Å². The molecule has 110 valence electrons. The lowest BCUT2D eigenvalue weighted by Gasteiger charge is -2.29. The summed E-state index contributed by atoms with van der Waals surface area (Å²) < 4.78 is 5.30. The van der Waals surface area contributed by atoms with E-state index in [9.17, 15) is 4.79 Å². The van der Waals surface area contributed by atoms with Gasteiger partial charge in [0, 0.05) is 32.6 Å². The molecule has 0 bridgehead atoms. The summed E-state index contributed by atoms with van der Waals surface area (Å²) in [4.78, 5) is 16.6. The van der Waals surface area contributed by atoms with Crippen LogP contribution in [0.5, 0.6) is 0 Å². The fraction of sp³-hybridized carbons (Fsp3) is 0.929. The molecule has 2 aliphatic rings. The van der Waals surface area contributed by atoms with Crippen molar-refractivity contribution in [2.75, 3.05) is 59.5 Å². The highest BCUT2D eigenvalue weighted by Gasteiger charge is 2.19. The lowest BCUT2D eigenvalue weighted by molar-refractivity contribution is -0.122. The van der Waals surface area contributed by atoms with Gasteiger partial charge in [-0.15, -0.1) is 0 Å². The molecule has 1 amide bonds. The van der Waals surface area contributed by atoms with Crippen LogP contribution in [-0.2, 0) is 9.53 Å². The topological polar surface area (TPSA) is 44.8 Å². The van der Waals surface area contributed by atoms with Crippen LogP contribution in [0, 0.1) is 5.92 Å². The molecule has 0 aromatic rings. The Balaban J connectivity index is 1.54. The van der Waals surface area contributed by atoms with E-state index in [0.717, 1.165) is 65.3 Å². The van der Waals surface area contributed by atoms with Gasteiger partial charge in [0.15, 0.2) is 0 Å². The largest absolute Gasteiger partial charge is 0.379 e. The van der Waals surface area contributed by atoms with Gasteiger partial charge in [0.2, 0.25) is 5.91 Å². The number of nitrogens with zero attached hydrogens (tertiary/aromatic N) is 2. The molecule has 0 spiro atoms. The second-order valence-corrected chi connectivity index (χ2v) is 5.75. The second-order valence-electron chi connectivity index (χ2n) is 5.75. The molecule has 2 heterocycles. The molecule has 2 fully saturated rings. The number of carbonyl (C=O) groups excluding carboxylic acids is 1. The summed E-state index contributed by atoms with van der Waals surface area (Å²) in [5.74, 6) is 0.808. The highest BCUT2D eigenvalue weighted by Crippen LogP contribution is 2.19. The molecule has 0 radical (unpaired) electrons. The summed E-state index contributed by atoms with van der Waals surface area (Å²) in [6.45, 7) is 7.61. The smallest absolute Gasteiger partial charge is 0.220 e. The van der Waals surface area contributed by atoms with E-state index in [-0.39, 0.29) is 5.91 Å². The van der Waals surface area contributed by atoms with Crippen LogP contribution in [0.1, 0.15) is 19.3 Å². The van der Waals surface area contributed by atoms with Crippen LogP contribution >= 0.6 is 0 Å². The first-order chi connectivity index (χ1) is 9.24. The quantitative estimate of drug-likeness (QED) is 0.772. The lowest BCUT2D eigenvalue weighted by atomic mass is 9.93. The molecule has 19 heavy (non-hydrogen) atoms. The first kappa shape index (κ1) is 14.8. The van der Waals surface area contributed by atoms with Crippen LogP contribution in [0.25, 0.3) is 0 Å². The molecule has 2 aliphatic heterocycles. The van der Waals surface area contributed by atoms with Crippen LogP contribution in [0.15, 0.2) is 0 Å². The van der Waals surface area contributed by atoms with Crippen molar-refractivity contribution in [3.63, 3.8) is 0 Å². The molecular weight excluding hydrogens is 242 g/mol. The number of nitrogens with one attached hydrogen (secondary N) is 1. The average molecular weight is 269 g/mol. The van der Waals surface area contributed by atoms with E-state index in [1.807, 2.05) is 0 Å². The zero-order valence-corrected chi connectivity index (χ0v) is 12.1. The van der Waals surface area contributed by atoms with Crippen LogP contribution < -0.4 is 5.32 Å². The number of hydrogen-bond acceptors (Lipinski definition) is 4. The van der Waals surface area contributed by atoms with E-state index in [1.54, 1.807) is 0 Å². The molecule has 0 unspecified atom stereocenters. The number of ether oxygens (including phenoxy) is 1. The molecule has 5 nitrogen and oxygen atoms in total. The van der Waals surface area contributed by atoms with Crippen LogP contribution in [-0.4, -0.2) is 75.2 Å². The Bertz CT molecular complexity index is 272. The predicted octanol–water partition coefficient (Wildman–Crippen LogP) is 0.167. The van der Waals surface area contributed by atoms with Gasteiger partial charge in [0.1, 0.15) is 0 Å². The normalized spacial score (nSPS) is 23.4. The Labute approximate surface area is 116 Å². The SMILES string of the molecule is CN1CCC(CC(=O)NCCN2CCOCC2)CC1. The van der Waals surface area contributed by atoms with Crippen LogP contribution in [0.2, 0.25) is 0 Å². The Kier molecular flexibility index (Phi) is 6.07. The molecule has 2 saturated heterocycles. The number of piperidine rings is 1. The molecule has 2 rings (SSSR count). The molecule has 5 heteroatoms. The van der Waals surface area contributed by atoms with E-state index in [2.05, 4.69) is 22.2 Å². The van der Waals surface area contributed by atoms with E-state index in [1.165, 1.54) is 0 Å². The van der Waals surface area contributed by atoms with Gasteiger partial charge in [-0.1, -0.05) is 0 Å². The third-order valence-electron chi connectivity index (χ3n) is 4.17.